The molecule has 22 heavy (non-hydrogen) atoms. The third kappa shape index (κ3) is 5.14. The molecule has 0 aromatic carbocycles. The lowest BCUT2D eigenvalue weighted by atomic mass is 9.84. The van der Waals surface area contributed by atoms with Gasteiger partial charge >= 0.3 is 6.18 Å². The van der Waals surface area contributed by atoms with Gasteiger partial charge in [-0.05, 0) is 38.0 Å². The molecule has 1 unspecified atom stereocenters. The Kier molecular flexibility index (Phi) is 6.12. The second-order valence-corrected chi connectivity index (χ2v) is 6.94. The zero-order valence-electron chi connectivity index (χ0n) is 13.0. The minimum atomic E-state index is -4.10. The minimum absolute atomic E-state index is 0.103. The van der Waals surface area contributed by atoms with E-state index < -0.39 is 18.1 Å². The van der Waals surface area contributed by atoms with Gasteiger partial charge in [0.05, 0.1) is 12.0 Å². The van der Waals surface area contributed by atoms with Crippen LogP contribution in [0.2, 0.25) is 0 Å². The van der Waals surface area contributed by atoms with Crippen LogP contribution in [0.15, 0.2) is 0 Å². The Morgan fingerprint density at radius 2 is 1.64 bits per heavy atom. The maximum atomic E-state index is 12.6. The molecule has 0 radical (unpaired) electrons. The van der Waals surface area contributed by atoms with Gasteiger partial charge in [-0.1, -0.05) is 32.1 Å². The highest BCUT2D eigenvalue weighted by molar-refractivity contribution is 5.81. The van der Waals surface area contributed by atoms with Gasteiger partial charge in [-0.25, -0.2) is 0 Å². The Morgan fingerprint density at radius 1 is 1.05 bits per heavy atom. The van der Waals surface area contributed by atoms with Crippen LogP contribution in [0.25, 0.3) is 0 Å². The fraction of sp³-hybridized carbons (Fsp3) is 0.938. The Bertz CT molecular complexity index is 359. The van der Waals surface area contributed by atoms with Gasteiger partial charge in [0.15, 0.2) is 0 Å². The molecular formula is C16H27F3N2O. The number of rotatable bonds is 4. The van der Waals surface area contributed by atoms with E-state index in [0.29, 0.717) is 25.2 Å². The predicted molar refractivity (Wildman–Crippen MR) is 79.1 cm³/mol. The summed E-state index contributed by atoms with van der Waals surface area (Å²) in [5, 5.41) is 2.85. The van der Waals surface area contributed by atoms with Gasteiger partial charge in [-0.15, -0.1) is 0 Å². The number of amides is 1. The summed E-state index contributed by atoms with van der Waals surface area (Å²) in [7, 11) is 0. The molecule has 0 aromatic heterocycles. The fourth-order valence-electron chi connectivity index (χ4n) is 3.76. The maximum absolute atomic E-state index is 12.6. The molecule has 6 heteroatoms. The standard InChI is InChI=1S/C16H27F3N2O/c17-16(18,19)12-6-8-13(9-7-12)21-15(22)14(20)10-11-4-2-1-3-5-11/h11-14H,1-10,20H2,(H,21,22). The molecule has 0 aromatic rings. The van der Waals surface area contributed by atoms with E-state index in [1.54, 1.807) is 0 Å². The van der Waals surface area contributed by atoms with Gasteiger partial charge in [0, 0.05) is 6.04 Å². The summed E-state index contributed by atoms with van der Waals surface area (Å²) in [6.07, 6.45) is 3.55. The molecule has 0 saturated heterocycles. The van der Waals surface area contributed by atoms with Crippen LogP contribution in [-0.2, 0) is 4.79 Å². The third-order valence-electron chi connectivity index (χ3n) is 5.19. The Balaban J connectivity index is 1.70. The zero-order valence-corrected chi connectivity index (χ0v) is 13.0. The molecular weight excluding hydrogens is 293 g/mol. The lowest BCUT2D eigenvalue weighted by Crippen LogP contribution is -2.47. The summed E-state index contributed by atoms with van der Waals surface area (Å²) in [6.45, 7) is 0. The second-order valence-electron chi connectivity index (χ2n) is 6.94. The van der Waals surface area contributed by atoms with Crippen LogP contribution in [0.5, 0.6) is 0 Å². The number of nitrogens with two attached hydrogens (primary N) is 1. The van der Waals surface area contributed by atoms with Crippen LogP contribution in [-0.4, -0.2) is 24.2 Å². The van der Waals surface area contributed by atoms with Crippen molar-refractivity contribution >= 4 is 5.91 Å². The molecule has 3 nitrogen and oxygen atoms in total. The van der Waals surface area contributed by atoms with Crippen LogP contribution in [0.3, 0.4) is 0 Å². The summed E-state index contributed by atoms with van der Waals surface area (Å²) in [4.78, 5) is 12.1. The number of carbonyl (C=O) groups is 1. The Labute approximate surface area is 130 Å². The smallest absolute Gasteiger partial charge is 0.352 e. The summed E-state index contributed by atoms with van der Waals surface area (Å²) in [5.74, 6) is -0.881. The molecule has 3 N–H and O–H groups in total. The molecule has 1 atom stereocenters. The monoisotopic (exact) mass is 320 g/mol. The minimum Gasteiger partial charge on any atom is -0.352 e. The van der Waals surface area contributed by atoms with Gasteiger partial charge in [0.1, 0.15) is 0 Å². The lowest BCUT2D eigenvalue weighted by Gasteiger charge is -2.31. The van der Waals surface area contributed by atoms with Crippen molar-refractivity contribution in [3.8, 4) is 0 Å². The van der Waals surface area contributed by atoms with Gasteiger partial charge in [0.25, 0.3) is 0 Å². The second kappa shape index (κ2) is 7.66. The van der Waals surface area contributed by atoms with E-state index >= 15 is 0 Å². The molecule has 2 aliphatic carbocycles. The largest absolute Gasteiger partial charge is 0.391 e. The molecule has 1 amide bonds. The number of carbonyl (C=O) groups excluding carboxylic acids is 1. The van der Waals surface area contributed by atoms with E-state index in [9.17, 15) is 18.0 Å². The first-order chi connectivity index (χ1) is 10.4. The van der Waals surface area contributed by atoms with Crippen LogP contribution < -0.4 is 11.1 Å². The van der Waals surface area contributed by atoms with Crippen LogP contribution in [0.1, 0.15) is 64.2 Å². The van der Waals surface area contributed by atoms with E-state index in [1.807, 2.05) is 0 Å². The van der Waals surface area contributed by atoms with Crippen molar-refractivity contribution in [2.24, 2.45) is 17.6 Å². The van der Waals surface area contributed by atoms with Crippen molar-refractivity contribution in [1.29, 1.82) is 0 Å². The topological polar surface area (TPSA) is 55.1 Å². The van der Waals surface area contributed by atoms with E-state index in [2.05, 4.69) is 5.32 Å². The Hall–Kier alpha value is -0.780. The SMILES string of the molecule is NC(CC1CCCCC1)C(=O)NC1CCC(C(F)(F)F)CC1. The maximum Gasteiger partial charge on any atom is 0.391 e. The van der Waals surface area contributed by atoms with Crippen molar-refractivity contribution in [3.63, 3.8) is 0 Å². The van der Waals surface area contributed by atoms with Crippen molar-refractivity contribution in [2.45, 2.75) is 82.5 Å². The molecule has 2 rings (SSSR count). The van der Waals surface area contributed by atoms with Crippen LogP contribution in [0.4, 0.5) is 13.2 Å². The number of alkyl halides is 3. The highest BCUT2D eigenvalue weighted by atomic mass is 19.4. The number of hydrogen-bond donors (Lipinski definition) is 2. The molecule has 0 heterocycles. The molecule has 2 saturated carbocycles. The molecule has 2 fully saturated rings. The fourth-order valence-corrected chi connectivity index (χ4v) is 3.76. The molecule has 0 spiro atoms. The van der Waals surface area contributed by atoms with Crippen molar-refractivity contribution in [1.82, 2.24) is 5.32 Å². The normalized spacial score (nSPS) is 29.1. The molecule has 0 bridgehead atoms. The van der Waals surface area contributed by atoms with Crippen molar-refractivity contribution in [3.05, 3.63) is 0 Å². The van der Waals surface area contributed by atoms with E-state index in [-0.39, 0.29) is 24.8 Å². The highest BCUT2D eigenvalue weighted by Gasteiger charge is 2.41. The summed E-state index contributed by atoms with van der Waals surface area (Å²) < 4.78 is 37.8. The van der Waals surface area contributed by atoms with E-state index in [0.717, 1.165) is 12.8 Å². The first-order valence-electron chi connectivity index (χ1n) is 8.49. The zero-order chi connectivity index (χ0) is 16.2. The quantitative estimate of drug-likeness (QED) is 0.832. The average Bonchev–Trinajstić information content (AvgIpc) is 2.48. The average molecular weight is 320 g/mol. The third-order valence-corrected chi connectivity index (χ3v) is 5.19. The summed E-state index contributed by atoms with van der Waals surface area (Å²) >= 11 is 0. The van der Waals surface area contributed by atoms with Gasteiger partial charge in [0.2, 0.25) is 5.91 Å². The van der Waals surface area contributed by atoms with Gasteiger partial charge in [-0.2, -0.15) is 13.2 Å². The van der Waals surface area contributed by atoms with Crippen LogP contribution >= 0.6 is 0 Å². The molecule has 0 aliphatic heterocycles. The number of hydrogen-bond acceptors (Lipinski definition) is 2. The first kappa shape index (κ1) is 17.6. The van der Waals surface area contributed by atoms with Gasteiger partial charge in [-0.3, -0.25) is 4.79 Å². The molecule has 128 valence electrons. The van der Waals surface area contributed by atoms with E-state index in [4.69, 9.17) is 5.73 Å². The van der Waals surface area contributed by atoms with Crippen molar-refractivity contribution < 1.29 is 18.0 Å². The molecule has 2 aliphatic rings. The predicted octanol–water partition coefficient (Wildman–Crippen LogP) is 3.52. The number of nitrogens with one attached hydrogen (secondary N) is 1. The summed E-state index contributed by atoms with van der Waals surface area (Å²) in [6, 6.07) is -0.674. The summed E-state index contributed by atoms with van der Waals surface area (Å²) in [5.41, 5.74) is 5.97. The van der Waals surface area contributed by atoms with Crippen LogP contribution in [0, 0.1) is 11.8 Å². The van der Waals surface area contributed by atoms with Gasteiger partial charge < -0.3 is 11.1 Å². The van der Waals surface area contributed by atoms with Crippen molar-refractivity contribution in [2.75, 3.05) is 0 Å². The highest BCUT2D eigenvalue weighted by Crippen LogP contribution is 2.37. The number of halogens is 3. The van der Waals surface area contributed by atoms with E-state index in [1.165, 1.54) is 19.3 Å². The first-order valence-corrected chi connectivity index (χ1v) is 8.49. The Morgan fingerprint density at radius 3 is 2.18 bits per heavy atom. The lowest BCUT2D eigenvalue weighted by molar-refractivity contribution is -0.182.